The van der Waals surface area contributed by atoms with Gasteiger partial charge in [-0.1, -0.05) is 12.8 Å². The maximum Gasteiger partial charge on any atom is 0.128 e. The van der Waals surface area contributed by atoms with E-state index in [9.17, 15) is 20.4 Å². The minimum absolute atomic E-state index is 0.00214. The number of phenolic OH excluding ortho intramolecular Hbond substituents is 4. The lowest BCUT2D eigenvalue weighted by molar-refractivity contribution is 0.388. The van der Waals surface area contributed by atoms with Crippen LogP contribution in [0, 0.1) is 0 Å². The van der Waals surface area contributed by atoms with E-state index in [1.54, 1.807) is 12.1 Å². The van der Waals surface area contributed by atoms with Gasteiger partial charge in [-0.3, -0.25) is 9.98 Å². The lowest BCUT2D eigenvalue weighted by Gasteiger charge is -2.27. The van der Waals surface area contributed by atoms with Crippen molar-refractivity contribution in [2.24, 2.45) is 9.98 Å². The molecule has 2 unspecified atom stereocenters. The predicted octanol–water partition coefficient (Wildman–Crippen LogP) is 4.14. The first-order valence-corrected chi connectivity index (χ1v) is 9.48. The van der Waals surface area contributed by atoms with Crippen LogP contribution < -0.4 is 0 Å². The molecule has 0 aromatic heterocycles. The predicted molar refractivity (Wildman–Crippen MR) is 110 cm³/mol. The molecule has 0 radical (unpaired) electrons. The van der Waals surface area contributed by atoms with Crippen LogP contribution in [-0.2, 0) is 0 Å². The van der Waals surface area contributed by atoms with Crippen molar-refractivity contribution in [2.75, 3.05) is 0 Å². The molecule has 0 amide bonds. The van der Waals surface area contributed by atoms with Crippen molar-refractivity contribution in [1.29, 1.82) is 0 Å². The van der Waals surface area contributed by atoms with Crippen molar-refractivity contribution in [1.82, 2.24) is 0 Å². The van der Waals surface area contributed by atoms with E-state index in [1.807, 2.05) is 13.8 Å². The van der Waals surface area contributed by atoms with Gasteiger partial charge in [0.15, 0.2) is 0 Å². The fourth-order valence-electron chi connectivity index (χ4n) is 3.68. The highest BCUT2D eigenvalue weighted by Crippen LogP contribution is 2.29. The van der Waals surface area contributed by atoms with E-state index < -0.39 is 0 Å². The fraction of sp³-hybridized carbons (Fsp3) is 0.364. The van der Waals surface area contributed by atoms with E-state index in [0.717, 1.165) is 25.7 Å². The van der Waals surface area contributed by atoms with Gasteiger partial charge in [-0.15, -0.1) is 0 Å². The molecule has 3 rings (SSSR count). The topological polar surface area (TPSA) is 106 Å². The second-order valence-corrected chi connectivity index (χ2v) is 7.25. The van der Waals surface area contributed by atoms with Gasteiger partial charge < -0.3 is 20.4 Å². The van der Waals surface area contributed by atoms with E-state index in [0.29, 0.717) is 22.6 Å². The third-order valence-corrected chi connectivity index (χ3v) is 5.16. The number of hydrogen-bond donors (Lipinski definition) is 4. The summed E-state index contributed by atoms with van der Waals surface area (Å²) in [4.78, 5) is 9.65. The Morgan fingerprint density at radius 2 is 1.11 bits per heavy atom. The van der Waals surface area contributed by atoms with Gasteiger partial charge in [-0.2, -0.15) is 0 Å². The molecule has 1 aliphatic carbocycles. The van der Waals surface area contributed by atoms with Gasteiger partial charge in [0.05, 0.1) is 12.1 Å². The molecule has 6 nitrogen and oxygen atoms in total. The zero-order chi connectivity index (χ0) is 20.3. The van der Waals surface area contributed by atoms with Crippen LogP contribution in [0.15, 0.2) is 46.4 Å². The summed E-state index contributed by atoms with van der Waals surface area (Å²) in [6.45, 7) is 3.69. The summed E-state index contributed by atoms with van der Waals surface area (Å²) in [7, 11) is 0. The minimum atomic E-state index is -0.0174. The Kier molecular flexibility index (Phi) is 5.87. The Balaban J connectivity index is 1.87. The van der Waals surface area contributed by atoms with E-state index in [-0.39, 0.29) is 35.1 Å². The molecule has 6 heteroatoms. The summed E-state index contributed by atoms with van der Waals surface area (Å²) >= 11 is 0. The molecule has 4 N–H and O–H groups in total. The van der Waals surface area contributed by atoms with Crippen molar-refractivity contribution in [3.63, 3.8) is 0 Å². The highest BCUT2D eigenvalue weighted by molar-refractivity contribution is 6.02. The van der Waals surface area contributed by atoms with Crippen molar-refractivity contribution >= 4 is 11.4 Å². The van der Waals surface area contributed by atoms with E-state index in [1.165, 1.54) is 24.3 Å². The first-order valence-electron chi connectivity index (χ1n) is 9.48. The Hall–Kier alpha value is -3.02. The van der Waals surface area contributed by atoms with Crippen LogP contribution in [0.4, 0.5) is 0 Å². The molecule has 0 saturated heterocycles. The first kappa shape index (κ1) is 19.7. The third kappa shape index (κ3) is 4.44. The molecule has 148 valence electrons. The number of aromatic hydroxyl groups is 4. The van der Waals surface area contributed by atoms with Crippen LogP contribution >= 0.6 is 0 Å². The fourth-order valence-corrected chi connectivity index (χ4v) is 3.68. The van der Waals surface area contributed by atoms with E-state index in [4.69, 9.17) is 9.98 Å². The van der Waals surface area contributed by atoms with Gasteiger partial charge in [-0.05, 0) is 51.0 Å². The average Bonchev–Trinajstić information content (AvgIpc) is 2.63. The molecule has 0 heterocycles. The highest BCUT2D eigenvalue weighted by Gasteiger charge is 2.25. The molecule has 0 spiro atoms. The average molecular weight is 382 g/mol. The van der Waals surface area contributed by atoms with Crippen LogP contribution in [0.1, 0.15) is 50.7 Å². The van der Waals surface area contributed by atoms with Crippen molar-refractivity contribution in [3.8, 4) is 23.0 Å². The van der Waals surface area contributed by atoms with Gasteiger partial charge >= 0.3 is 0 Å². The lowest BCUT2D eigenvalue weighted by atomic mass is 9.90. The van der Waals surface area contributed by atoms with E-state index in [2.05, 4.69) is 0 Å². The summed E-state index contributed by atoms with van der Waals surface area (Å²) < 4.78 is 0. The van der Waals surface area contributed by atoms with Crippen molar-refractivity contribution in [2.45, 2.75) is 51.6 Å². The van der Waals surface area contributed by atoms with Gasteiger partial charge in [0.2, 0.25) is 0 Å². The van der Waals surface area contributed by atoms with Crippen LogP contribution in [0.2, 0.25) is 0 Å². The zero-order valence-electron chi connectivity index (χ0n) is 16.1. The number of hydrogen-bond acceptors (Lipinski definition) is 6. The zero-order valence-corrected chi connectivity index (χ0v) is 16.1. The molecular formula is C22H26N2O4. The molecule has 0 bridgehead atoms. The normalized spacial score (nSPS) is 20.9. The van der Waals surface area contributed by atoms with Crippen molar-refractivity contribution < 1.29 is 20.4 Å². The highest BCUT2D eigenvalue weighted by atomic mass is 16.3. The molecule has 2 aromatic carbocycles. The lowest BCUT2D eigenvalue weighted by Crippen LogP contribution is -2.29. The summed E-state index contributed by atoms with van der Waals surface area (Å²) in [5.41, 5.74) is 2.60. The van der Waals surface area contributed by atoms with Gasteiger partial charge in [0.25, 0.3) is 0 Å². The maximum absolute atomic E-state index is 10.1. The largest absolute Gasteiger partial charge is 0.508 e. The quantitative estimate of drug-likeness (QED) is 0.596. The molecule has 1 saturated carbocycles. The summed E-state index contributed by atoms with van der Waals surface area (Å²) in [5, 5.41) is 39.1. The molecule has 28 heavy (non-hydrogen) atoms. The monoisotopic (exact) mass is 382 g/mol. The summed E-state index contributed by atoms with van der Waals surface area (Å²) in [5.74, 6) is 0.0293. The molecule has 1 fully saturated rings. The number of aliphatic imine (C=N–C) groups is 2. The second-order valence-electron chi connectivity index (χ2n) is 7.25. The number of phenols is 4. The Labute approximate surface area is 164 Å². The molecule has 0 aliphatic heterocycles. The SMILES string of the molecule is CC(=NC1CCCCC1N=C(C)c1ccc(O)cc1O)c1ccc(O)cc1O. The number of rotatable bonds is 4. The first-order chi connectivity index (χ1) is 13.3. The second kappa shape index (κ2) is 8.33. The molecule has 2 aromatic rings. The van der Waals surface area contributed by atoms with E-state index >= 15 is 0 Å². The molecule has 1 aliphatic rings. The Bertz CT molecular complexity index is 845. The van der Waals surface area contributed by atoms with Gasteiger partial charge in [0.1, 0.15) is 23.0 Å². The van der Waals surface area contributed by atoms with Crippen LogP contribution in [0.3, 0.4) is 0 Å². The summed E-state index contributed by atoms with van der Waals surface area (Å²) in [6, 6.07) is 8.96. The maximum atomic E-state index is 10.1. The molecule has 2 atom stereocenters. The third-order valence-electron chi connectivity index (χ3n) is 5.16. The summed E-state index contributed by atoms with van der Waals surface area (Å²) in [6.07, 6.45) is 3.94. The Morgan fingerprint density at radius 1 is 0.714 bits per heavy atom. The van der Waals surface area contributed by atoms with Gasteiger partial charge in [-0.25, -0.2) is 0 Å². The van der Waals surface area contributed by atoms with Crippen molar-refractivity contribution in [3.05, 3.63) is 47.5 Å². The number of nitrogens with zero attached hydrogens (tertiary/aromatic N) is 2. The van der Waals surface area contributed by atoms with Crippen LogP contribution in [0.5, 0.6) is 23.0 Å². The number of benzene rings is 2. The standard InChI is InChI=1S/C22H26N2O4/c1-13(17-9-7-15(25)11-21(17)27)23-19-5-3-4-6-20(19)24-14(2)18-10-8-16(26)12-22(18)28/h7-12,19-20,25-28H,3-6H2,1-2H3. The molecular weight excluding hydrogens is 356 g/mol. The Morgan fingerprint density at radius 3 is 1.46 bits per heavy atom. The van der Waals surface area contributed by atoms with Gasteiger partial charge in [0, 0.05) is 34.7 Å². The van der Waals surface area contributed by atoms with Crippen LogP contribution in [-0.4, -0.2) is 43.9 Å². The minimum Gasteiger partial charge on any atom is -0.508 e. The smallest absolute Gasteiger partial charge is 0.128 e. The van der Waals surface area contributed by atoms with Crippen LogP contribution in [0.25, 0.3) is 0 Å².